The van der Waals surface area contributed by atoms with Gasteiger partial charge in [-0.3, -0.25) is 4.79 Å². The maximum Gasteiger partial charge on any atom is 0.349 e. The molecule has 4 aromatic rings. The van der Waals surface area contributed by atoms with Crippen LogP contribution in [0.4, 0.5) is 0 Å². The molecule has 0 radical (unpaired) electrons. The summed E-state index contributed by atoms with van der Waals surface area (Å²) in [6.07, 6.45) is 2.92. The van der Waals surface area contributed by atoms with E-state index in [1.165, 1.54) is 25.3 Å². The van der Waals surface area contributed by atoms with Gasteiger partial charge in [0.15, 0.2) is 0 Å². The lowest BCUT2D eigenvalue weighted by Gasteiger charge is -2.06. The summed E-state index contributed by atoms with van der Waals surface area (Å²) in [6.45, 7) is 1.06. The lowest BCUT2D eigenvalue weighted by molar-refractivity contribution is -0.128. The van der Waals surface area contributed by atoms with Crippen molar-refractivity contribution >= 4 is 28.9 Å². The van der Waals surface area contributed by atoms with Gasteiger partial charge >= 0.3 is 11.6 Å². The maximum absolute atomic E-state index is 12.3. The number of nitrogens with one attached hydrogen (secondary N) is 1. The highest BCUT2D eigenvalue weighted by Crippen LogP contribution is 2.21. The first kappa shape index (κ1) is 25.4. The number of carbonyl (C=O) groups excluding carboxylic acids is 2. The Bertz CT molecular complexity index is 1460. The molecule has 0 unspecified atom stereocenters. The van der Waals surface area contributed by atoms with Gasteiger partial charge < -0.3 is 23.9 Å². The van der Waals surface area contributed by atoms with E-state index in [1.54, 1.807) is 18.2 Å². The van der Waals surface area contributed by atoms with Crippen LogP contribution in [-0.2, 0) is 16.1 Å². The van der Waals surface area contributed by atoms with Gasteiger partial charge in [-0.25, -0.2) is 9.59 Å². The summed E-state index contributed by atoms with van der Waals surface area (Å²) in [6, 6.07) is 23.2. The van der Waals surface area contributed by atoms with E-state index in [-0.39, 0.29) is 23.4 Å². The monoisotopic (exact) mass is 499 g/mol. The quantitative estimate of drug-likeness (QED) is 0.114. The minimum Gasteiger partial charge on any atom is -0.489 e. The molecule has 1 heterocycles. The van der Waals surface area contributed by atoms with Crippen molar-refractivity contribution in [1.82, 2.24) is 5.32 Å². The first-order valence-electron chi connectivity index (χ1n) is 11.5. The number of methoxy groups -OCH3 is 1. The Labute approximate surface area is 213 Å². The zero-order chi connectivity index (χ0) is 26.0. The molecule has 8 nitrogen and oxygen atoms in total. The van der Waals surface area contributed by atoms with Crippen molar-refractivity contribution < 1.29 is 28.2 Å². The zero-order valence-corrected chi connectivity index (χ0v) is 20.1. The van der Waals surface area contributed by atoms with E-state index < -0.39 is 17.5 Å². The number of esters is 1. The Morgan fingerprint density at radius 2 is 1.70 bits per heavy atom. The Morgan fingerprint density at radius 1 is 0.946 bits per heavy atom. The third-order valence-electron chi connectivity index (χ3n) is 5.30. The summed E-state index contributed by atoms with van der Waals surface area (Å²) in [4.78, 5) is 36.7. The molecule has 0 aliphatic carbocycles. The van der Waals surface area contributed by atoms with E-state index in [2.05, 4.69) is 5.32 Å². The number of rotatable bonds is 10. The second kappa shape index (κ2) is 12.3. The number of hydrogen-bond acceptors (Lipinski definition) is 7. The number of ether oxygens (including phenoxy) is 3. The van der Waals surface area contributed by atoms with Gasteiger partial charge in [0.05, 0.1) is 6.61 Å². The topological polar surface area (TPSA) is 104 Å². The number of amides is 1. The van der Waals surface area contributed by atoms with Crippen molar-refractivity contribution in [3.8, 4) is 11.5 Å². The van der Waals surface area contributed by atoms with E-state index in [4.69, 9.17) is 18.6 Å². The number of benzene rings is 3. The Kier molecular flexibility index (Phi) is 8.46. The summed E-state index contributed by atoms with van der Waals surface area (Å²) in [5, 5.41) is 3.09. The number of carbonyl (C=O) groups is 2. The third kappa shape index (κ3) is 7.16. The fourth-order valence-corrected chi connectivity index (χ4v) is 3.41. The number of fused-ring (bicyclic) bond motifs is 1. The van der Waals surface area contributed by atoms with Crippen LogP contribution in [0.15, 0.2) is 94.2 Å². The summed E-state index contributed by atoms with van der Waals surface area (Å²) in [5.41, 5.74) is 1.16. The standard InChI is InChI=1S/C29H25NO7/c1-34-16-15-30-28(32)25-17-22-10-13-24(18-26(22)37-29(25)33)36-27(31)14-9-20-7-11-23(12-8-20)35-19-21-5-3-2-4-6-21/h2-14,17-18H,15-16,19H2,1H3,(H,30,32)/b14-9+. The van der Waals surface area contributed by atoms with Gasteiger partial charge in [0.1, 0.15) is 29.3 Å². The summed E-state index contributed by atoms with van der Waals surface area (Å²) in [7, 11) is 1.51. The molecule has 0 fully saturated rings. The molecular weight excluding hydrogens is 474 g/mol. The normalized spacial score (nSPS) is 10.9. The molecule has 0 aliphatic rings. The fourth-order valence-electron chi connectivity index (χ4n) is 3.41. The summed E-state index contributed by atoms with van der Waals surface area (Å²) in [5.74, 6) is -0.228. The predicted molar refractivity (Wildman–Crippen MR) is 139 cm³/mol. The van der Waals surface area contributed by atoms with Crippen molar-refractivity contribution in [2.24, 2.45) is 0 Å². The third-order valence-corrected chi connectivity index (χ3v) is 5.30. The van der Waals surface area contributed by atoms with Crippen LogP contribution < -0.4 is 20.4 Å². The molecule has 188 valence electrons. The first-order valence-corrected chi connectivity index (χ1v) is 11.5. The van der Waals surface area contributed by atoms with Gasteiger partial charge in [0.25, 0.3) is 5.91 Å². The second-order valence-corrected chi connectivity index (χ2v) is 7.99. The molecule has 37 heavy (non-hydrogen) atoms. The van der Waals surface area contributed by atoms with Crippen LogP contribution in [0.25, 0.3) is 17.0 Å². The highest BCUT2D eigenvalue weighted by Gasteiger charge is 2.14. The average Bonchev–Trinajstić information content (AvgIpc) is 2.91. The molecule has 0 saturated carbocycles. The molecule has 4 rings (SSSR count). The fraction of sp³-hybridized carbons (Fsp3) is 0.138. The van der Waals surface area contributed by atoms with E-state index in [1.807, 2.05) is 54.6 Å². The Hall–Kier alpha value is -4.69. The second-order valence-electron chi connectivity index (χ2n) is 7.99. The highest BCUT2D eigenvalue weighted by atomic mass is 16.5. The van der Waals surface area contributed by atoms with Crippen molar-refractivity contribution in [3.05, 3.63) is 112 Å². The predicted octanol–water partition coefficient (Wildman–Crippen LogP) is 4.37. The minimum atomic E-state index is -0.790. The van der Waals surface area contributed by atoms with Crippen molar-refractivity contribution in [2.45, 2.75) is 6.61 Å². The highest BCUT2D eigenvalue weighted by molar-refractivity contribution is 5.97. The lowest BCUT2D eigenvalue weighted by atomic mass is 10.1. The molecule has 1 aromatic heterocycles. The van der Waals surface area contributed by atoms with Crippen LogP contribution in [0.2, 0.25) is 0 Å². The molecule has 0 spiro atoms. The molecule has 1 N–H and O–H groups in total. The molecule has 3 aromatic carbocycles. The molecular formula is C29H25NO7. The van der Waals surface area contributed by atoms with Crippen molar-refractivity contribution in [3.63, 3.8) is 0 Å². The lowest BCUT2D eigenvalue weighted by Crippen LogP contribution is -2.30. The van der Waals surface area contributed by atoms with E-state index in [9.17, 15) is 14.4 Å². The van der Waals surface area contributed by atoms with Gasteiger partial charge in [0.2, 0.25) is 0 Å². The molecule has 0 bridgehead atoms. The Balaban J connectivity index is 1.35. The van der Waals surface area contributed by atoms with Gasteiger partial charge in [-0.15, -0.1) is 0 Å². The van der Waals surface area contributed by atoms with Crippen LogP contribution >= 0.6 is 0 Å². The van der Waals surface area contributed by atoms with E-state index in [0.29, 0.717) is 18.6 Å². The van der Waals surface area contributed by atoms with Gasteiger partial charge in [-0.1, -0.05) is 42.5 Å². The van der Waals surface area contributed by atoms with Gasteiger partial charge in [-0.05, 0) is 47.5 Å². The first-order chi connectivity index (χ1) is 18.0. The van der Waals surface area contributed by atoms with Gasteiger partial charge in [0, 0.05) is 31.2 Å². The van der Waals surface area contributed by atoms with Crippen molar-refractivity contribution in [1.29, 1.82) is 0 Å². The summed E-state index contributed by atoms with van der Waals surface area (Å²) < 4.78 is 21.2. The number of hydrogen-bond donors (Lipinski definition) is 1. The smallest absolute Gasteiger partial charge is 0.349 e. The van der Waals surface area contributed by atoms with Crippen LogP contribution in [0, 0.1) is 0 Å². The van der Waals surface area contributed by atoms with Crippen LogP contribution in [-0.4, -0.2) is 32.1 Å². The van der Waals surface area contributed by atoms with Crippen LogP contribution in [0.5, 0.6) is 11.5 Å². The van der Waals surface area contributed by atoms with Crippen LogP contribution in [0.3, 0.4) is 0 Å². The summed E-state index contributed by atoms with van der Waals surface area (Å²) >= 11 is 0. The maximum atomic E-state index is 12.3. The van der Waals surface area contributed by atoms with Gasteiger partial charge in [-0.2, -0.15) is 0 Å². The average molecular weight is 500 g/mol. The van der Waals surface area contributed by atoms with Crippen molar-refractivity contribution in [2.75, 3.05) is 20.3 Å². The molecule has 0 saturated heterocycles. The molecule has 1 amide bonds. The molecule has 0 atom stereocenters. The molecule has 8 heteroatoms. The largest absolute Gasteiger partial charge is 0.489 e. The Morgan fingerprint density at radius 3 is 2.46 bits per heavy atom. The minimum absolute atomic E-state index is 0.118. The SMILES string of the molecule is COCCNC(=O)c1cc2ccc(OC(=O)/C=C/c3ccc(OCc4ccccc4)cc3)cc2oc1=O. The zero-order valence-electron chi connectivity index (χ0n) is 20.1. The van der Waals surface area contributed by atoms with E-state index >= 15 is 0 Å². The molecule has 0 aliphatic heterocycles. The van der Waals surface area contributed by atoms with E-state index in [0.717, 1.165) is 16.9 Å². The van der Waals surface area contributed by atoms with Crippen LogP contribution in [0.1, 0.15) is 21.5 Å².